The minimum absolute atomic E-state index is 0.0521. The summed E-state index contributed by atoms with van der Waals surface area (Å²) in [6.45, 7) is 2.81. The average molecular weight is 270 g/mol. The third-order valence-electron chi connectivity index (χ3n) is 3.06. The Labute approximate surface area is 118 Å². The fourth-order valence-electron chi connectivity index (χ4n) is 1.82. The van der Waals surface area contributed by atoms with E-state index in [-0.39, 0.29) is 5.91 Å². The highest BCUT2D eigenvalue weighted by Crippen LogP contribution is 2.17. The molecule has 0 unspecified atom stereocenters. The summed E-state index contributed by atoms with van der Waals surface area (Å²) in [6.07, 6.45) is 5.08. The summed E-state index contributed by atoms with van der Waals surface area (Å²) in [7, 11) is 1.80. The van der Waals surface area contributed by atoms with Crippen molar-refractivity contribution in [3.8, 4) is 0 Å². The van der Waals surface area contributed by atoms with Gasteiger partial charge in [0.2, 0.25) is 5.91 Å². The number of benzene rings is 1. The normalized spacial score (nSPS) is 10.1. The second kappa shape index (κ2) is 6.65. The standard InChI is InChI=1S/C15H18N4O/c1-12(20)19(2)10-14-5-3-4-6-15(14)18-9-13-7-16-11-17-8-13/h3-8,11,18H,9-10H2,1-2H3. The molecule has 0 bridgehead atoms. The molecule has 0 spiro atoms. The van der Waals surface area contributed by atoms with Gasteiger partial charge in [-0.2, -0.15) is 0 Å². The number of carbonyl (C=O) groups is 1. The molecule has 1 heterocycles. The Morgan fingerprint density at radius 1 is 1.25 bits per heavy atom. The summed E-state index contributed by atoms with van der Waals surface area (Å²) in [5, 5.41) is 3.36. The summed E-state index contributed by atoms with van der Waals surface area (Å²) >= 11 is 0. The Balaban J connectivity index is 2.06. The highest BCUT2D eigenvalue weighted by molar-refractivity contribution is 5.73. The third-order valence-corrected chi connectivity index (χ3v) is 3.06. The van der Waals surface area contributed by atoms with Crippen molar-refractivity contribution in [1.82, 2.24) is 14.9 Å². The van der Waals surface area contributed by atoms with Crippen LogP contribution in [0, 0.1) is 0 Å². The van der Waals surface area contributed by atoms with Crippen molar-refractivity contribution < 1.29 is 4.79 Å². The summed E-state index contributed by atoms with van der Waals surface area (Å²) in [5.41, 5.74) is 3.12. The monoisotopic (exact) mass is 270 g/mol. The van der Waals surface area contributed by atoms with Crippen molar-refractivity contribution in [2.24, 2.45) is 0 Å². The van der Waals surface area contributed by atoms with Crippen LogP contribution in [0.2, 0.25) is 0 Å². The van der Waals surface area contributed by atoms with Gasteiger partial charge in [-0.3, -0.25) is 4.79 Å². The van der Waals surface area contributed by atoms with Crippen molar-refractivity contribution >= 4 is 11.6 Å². The molecule has 0 atom stereocenters. The molecule has 5 nitrogen and oxygen atoms in total. The first kappa shape index (κ1) is 14.0. The number of carbonyl (C=O) groups excluding carboxylic acids is 1. The van der Waals surface area contributed by atoms with E-state index in [2.05, 4.69) is 15.3 Å². The molecule has 5 heteroatoms. The zero-order valence-electron chi connectivity index (χ0n) is 11.7. The summed E-state index contributed by atoms with van der Waals surface area (Å²) in [5.74, 6) is 0.0521. The predicted molar refractivity (Wildman–Crippen MR) is 77.9 cm³/mol. The van der Waals surface area contributed by atoms with Gasteiger partial charge in [-0.15, -0.1) is 0 Å². The van der Waals surface area contributed by atoms with Crippen LogP contribution in [0.1, 0.15) is 18.1 Å². The van der Waals surface area contributed by atoms with Crippen LogP contribution >= 0.6 is 0 Å². The van der Waals surface area contributed by atoms with E-state index in [4.69, 9.17) is 0 Å². The van der Waals surface area contributed by atoms with E-state index in [1.54, 1.807) is 31.3 Å². The minimum Gasteiger partial charge on any atom is -0.381 e. The lowest BCUT2D eigenvalue weighted by molar-refractivity contribution is -0.128. The van der Waals surface area contributed by atoms with Gasteiger partial charge in [0.15, 0.2) is 0 Å². The lowest BCUT2D eigenvalue weighted by atomic mass is 10.1. The van der Waals surface area contributed by atoms with Crippen molar-refractivity contribution in [3.05, 3.63) is 54.1 Å². The largest absolute Gasteiger partial charge is 0.381 e. The number of amides is 1. The first-order chi connectivity index (χ1) is 9.66. The molecule has 0 fully saturated rings. The molecule has 0 saturated carbocycles. The van der Waals surface area contributed by atoms with E-state index < -0.39 is 0 Å². The van der Waals surface area contributed by atoms with E-state index in [1.165, 1.54) is 6.33 Å². The molecule has 104 valence electrons. The van der Waals surface area contributed by atoms with Gasteiger partial charge < -0.3 is 10.2 Å². The van der Waals surface area contributed by atoms with Crippen LogP contribution in [0.4, 0.5) is 5.69 Å². The van der Waals surface area contributed by atoms with E-state index in [0.29, 0.717) is 13.1 Å². The Kier molecular flexibility index (Phi) is 4.65. The Hall–Kier alpha value is -2.43. The smallest absolute Gasteiger partial charge is 0.219 e. The van der Waals surface area contributed by atoms with E-state index in [0.717, 1.165) is 16.8 Å². The van der Waals surface area contributed by atoms with Crippen LogP contribution in [0.3, 0.4) is 0 Å². The third kappa shape index (κ3) is 3.78. The molecule has 2 rings (SSSR count). The second-order valence-corrected chi connectivity index (χ2v) is 4.63. The molecule has 1 aromatic carbocycles. The van der Waals surface area contributed by atoms with Gasteiger partial charge in [0.1, 0.15) is 6.33 Å². The van der Waals surface area contributed by atoms with Gasteiger partial charge in [-0.05, 0) is 11.6 Å². The average Bonchev–Trinajstić information content (AvgIpc) is 2.47. The fraction of sp³-hybridized carbons (Fsp3) is 0.267. The van der Waals surface area contributed by atoms with Crippen LogP contribution in [-0.2, 0) is 17.9 Å². The second-order valence-electron chi connectivity index (χ2n) is 4.63. The number of aromatic nitrogens is 2. The van der Waals surface area contributed by atoms with Crippen molar-refractivity contribution in [1.29, 1.82) is 0 Å². The molecule has 1 N–H and O–H groups in total. The first-order valence-corrected chi connectivity index (χ1v) is 6.44. The highest BCUT2D eigenvalue weighted by atomic mass is 16.2. The number of rotatable bonds is 5. The molecule has 2 aromatic rings. The maximum Gasteiger partial charge on any atom is 0.219 e. The Morgan fingerprint density at radius 3 is 2.65 bits per heavy atom. The molecule has 0 radical (unpaired) electrons. The quantitative estimate of drug-likeness (QED) is 0.903. The molecule has 20 heavy (non-hydrogen) atoms. The van der Waals surface area contributed by atoms with Gasteiger partial charge in [-0.1, -0.05) is 18.2 Å². The van der Waals surface area contributed by atoms with Crippen molar-refractivity contribution in [3.63, 3.8) is 0 Å². The molecule has 0 aliphatic carbocycles. The summed E-state index contributed by atoms with van der Waals surface area (Å²) in [6, 6.07) is 7.97. The van der Waals surface area contributed by atoms with Gasteiger partial charge >= 0.3 is 0 Å². The number of anilines is 1. The number of nitrogens with zero attached hydrogens (tertiary/aromatic N) is 3. The van der Waals surface area contributed by atoms with Crippen molar-refractivity contribution in [2.75, 3.05) is 12.4 Å². The number of para-hydroxylation sites is 1. The zero-order valence-corrected chi connectivity index (χ0v) is 11.7. The molecular formula is C15H18N4O. The molecular weight excluding hydrogens is 252 g/mol. The molecule has 0 aliphatic heterocycles. The van der Waals surface area contributed by atoms with Gasteiger partial charge in [0, 0.05) is 50.7 Å². The lowest BCUT2D eigenvalue weighted by Crippen LogP contribution is -2.23. The van der Waals surface area contributed by atoms with E-state index in [1.807, 2.05) is 24.3 Å². The molecule has 0 aliphatic rings. The first-order valence-electron chi connectivity index (χ1n) is 6.44. The fourth-order valence-corrected chi connectivity index (χ4v) is 1.82. The zero-order chi connectivity index (χ0) is 14.4. The van der Waals surface area contributed by atoms with Gasteiger partial charge in [-0.25, -0.2) is 9.97 Å². The summed E-state index contributed by atoms with van der Waals surface area (Å²) in [4.78, 5) is 21.0. The van der Waals surface area contributed by atoms with Crippen LogP contribution in [0.15, 0.2) is 43.0 Å². The predicted octanol–water partition coefficient (Wildman–Crippen LogP) is 2.07. The molecule has 1 aromatic heterocycles. The maximum absolute atomic E-state index is 11.3. The topological polar surface area (TPSA) is 58.1 Å². The van der Waals surface area contributed by atoms with Gasteiger partial charge in [0.25, 0.3) is 0 Å². The van der Waals surface area contributed by atoms with Crippen molar-refractivity contribution in [2.45, 2.75) is 20.0 Å². The molecule has 1 amide bonds. The minimum atomic E-state index is 0.0521. The molecule has 0 saturated heterocycles. The van der Waals surface area contributed by atoms with E-state index in [9.17, 15) is 4.79 Å². The Bertz CT molecular complexity index is 571. The SMILES string of the molecule is CC(=O)N(C)Cc1ccccc1NCc1cncnc1. The number of hydrogen-bond donors (Lipinski definition) is 1. The lowest BCUT2D eigenvalue weighted by Gasteiger charge is -2.18. The van der Waals surface area contributed by atoms with Crippen LogP contribution < -0.4 is 5.32 Å². The van der Waals surface area contributed by atoms with Gasteiger partial charge in [0.05, 0.1) is 0 Å². The van der Waals surface area contributed by atoms with Crippen LogP contribution in [0.25, 0.3) is 0 Å². The highest BCUT2D eigenvalue weighted by Gasteiger charge is 2.07. The summed E-state index contributed by atoms with van der Waals surface area (Å²) < 4.78 is 0. The van der Waals surface area contributed by atoms with E-state index >= 15 is 0 Å². The maximum atomic E-state index is 11.3. The number of hydrogen-bond acceptors (Lipinski definition) is 4. The Morgan fingerprint density at radius 2 is 1.95 bits per heavy atom. The number of nitrogens with one attached hydrogen (secondary N) is 1. The van der Waals surface area contributed by atoms with Crippen LogP contribution in [0.5, 0.6) is 0 Å². The van der Waals surface area contributed by atoms with Crippen LogP contribution in [-0.4, -0.2) is 27.8 Å².